The van der Waals surface area contributed by atoms with Crippen LogP contribution in [0.1, 0.15) is 38.5 Å². The predicted molar refractivity (Wildman–Crippen MR) is 60.4 cm³/mol. The number of ether oxygens (including phenoxy) is 1. The van der Waals surface area contributed by atoms with Crippen LogP contribution in [0.3, 0.4) is 0 Å². The van der Waals surface area contributed by atoms with Gasteiger partial charge < -0.3 is 15.2 Å². The molecule has 2 fully saturated rings. The summed E-state index contributed by atoms with van der Waals surface area (Å²) in [5, 5.41) is 12.2. The molecule has 0 aromatic carbocycles. The van der Waals surface area contributed by atoms with Crippen LogP contribution in [-0.4, -0.2) is 36.4 Å². The van der Waals surface area contributed by atoms with Crippen LogP contribution in [0.25, 0.3) is 0 Å². The molecule has 92 valence electrons. The zero-order chi connectivity index (χ0) is 11.4. The number of rotatable bonds is 5. The maximum absolute atomic E-state index is 10.8. The normalized spacial score (nSPS) is 34.4. The Morgan fingerprint density at radius 1 is 1.31 bits per heavy atom. The van der Waals surface area contributed by atoms with E-state index in [2.05, 4.69) is 5.32 Å². The zero-order valence-corrected chi connectivity index (χ0v) is 9.65. The van der Waals surface area contributed by atoms with Crippen LogP contribution in [0.2, 0.25) is 0 Å². The van der Waals surface area contributed by atoms with Gasteiger partial charge in [-0.3, -0.25) is 4.79 Å². The van der Waals surface area contributed by atoms with Crippen molar-refractivity contribution in [3.63, 3.8) is 0 Å². The summed E-state index contributed by atoms with van der Waals surface area (Å²) in [6.45, 7) is 1.78. The molecule has 0 spiro atoms. The van der Waals surface area contributed by atoms with Gasteiger partial charge in [0, 0.05) is 12.6 Å². The van der Waals surface area contributed by atoms with Crippen molar-refractivity contribution < 1.29 is 14.6 Å². The summed E-state index contributed by atoms with van der Waals surface area (Å²) < 4.78 is 5.63. The van der Waals surface area contributed by atoms with Crippen molar-refractivity contribution >= 4 is 5.97 Å². The molecule has 1 saturated heterocycles. The van der Waals surface area contributed by atoms with Crippen molar-refractivity contribution in [2.24, 2.45) is 5.92 Å². The Bertz CT molecular complexity index is 238. The average molecular weight is 227 g/mol. The van der Waals surface area contributed by atoms with Gasteiger partial charge in [0.25, 0.3) is 0 Å². The van der Waals surface area contributed by atoms with Gasteiger partial charge in [-0.2, -0.15) is 0 Å². The van der Waals surface area contributed by atoms with Crippen LogP contribution in [0.5, 0.6) is 0 Å². The summed E-state index contributed by atoms with van der Waals surface area (Å²) in [6, 6.07) is 0.195. The summed E-state index contributed by atoms with van der Waals surface area (Å²) in [7, 11) is 0. The van der Waals surface area contributed by atoms with Gasteiger partial charge in [-0.05, 0) is 45.1 Å². The lowest BCUT2D eigenvalue weighted by atomic mass is 9.79. The van der Waals surface area contributed by atoms with Crippen LogP contribution in [-0.2, 0) is 9.53 Å². The fourth-order valence-electron chi connectivity index (χ4n) is 2.50. The first-order chi connectivity index (χ1) is 7.77. The van der Waals surface area contributed by atoms with Crippen LogP contribution in [0.4, 0.5) is 0 Å². The maximum Gasteiger partial charge on any atom is 0.308 e. The first-order valence-corrected chi connectivity index (χ1v) is 6.35. The van der Waals surface area contributed by atoms with E-state index in [0.717, 1.165) is 38.8 Å². The molecule has 0 aromatic rings. The quantitative estimate of drug-likeness (QED) is 0.745. The number of hydrogen-bond donors (Lipinski definition) is 2. The van der Waals surface area contributed by atoms with E-state index in [1.165, 1.54) is 12.8 Å². The number of nitrogens with one attached hydrogen (secondary N) is 1. The molecule has 3 unspecified atom stereocenters. The summed E-state index contributed by atoms with van der Waals surface area (Å²) >= 11 is 0. The molecule has 4 nitrogen and oxygen atoms in total. The Balaban J connectivity index is 1.59. The van der Waals surface area contributed by atoms with E-state index < -0.39 is 5.97 Å². The van der Waals surface area contributed by atoms with Crippen LogP contribution < -0.4 is 5.32 Å². The van der Waals surface area contributed by atoms with E-state index in [1.807, 2.05) is 0 Å². The lowest BCUT2D eigenvalue weighted by Crippen LogP contribution is -2.48. The second kappa shape index (κ2) is 5.64. The minimum atomic E-state index is -0.655. The average Bonchev–Trinajstić information content (AvgIpc) is 2.23. The van der Waals surface area contributed by atoms with Crippen molar-refractivity contribution in [1.29, 1.82) is 0 Å². The van der Waals surface area contributed by atoms with Crippen molar-refractivity contribution in [3.05, 3.63) is 0 Å². The second-order valence-corrected chi connectivity index (χ2v) is 4.86. The van der Waals surface area contributed by atoms with Gasteiger partial charge in [-0.1, -0.05) is 0 Å². The fraction of sp³-hybridized carbons (Fsp3) is 0.917. The molecule has 0 amide bonds. The number of aliphatic carboxylic acids is 1. The molecule has 2 N–H and O–H groups in total. The Morgan fingerprint density at radius 3 is 2.75 bits per heavy atom. The smallest absolute Gasteiger partial charge is 0.308 e. The Morgan fingerprint density at radius 2 is 2.19 bits per heavy atom. The third-order valence-electron chi connectivity index (χ3n) is 3.74. The van der Waals surface area contributed by atoms with Gasteiger partial charge in [0.1, 0.15) is 0 Å². The molecule has 0 aromatic heterocycles. The van der Waals surface area contributed by atoms with Crippen LogP contribution >= 0.6 is 0 Å². The molecule has 16 heavy (non-hydrogen) atoms. The van der Waals surface area contributed by atoms with E-state index in [4.69, 9.17) is 9.84 Å². The maximum atomic E-state index is 10.8. The summed E-state index contributed by atoms with van der Waals surface area (Å²) in [5.41, 5.74) is 0. The molecule has 4 heteroatoms. The summed E-state index contributed by atoms with van der Waals surface area (Å²) in [6.07, 6.45) is 6.86. The molecular formula is C12H21NO3. The molecule has 3 atom stereocenters. The topological polar surface area (TPSA) is 58.6 Å². The number of hydrogen-bond acceptors (Lipinski definition) is 3. The molecule has 1 aliphatic carbocycles. The van der Waals surface area contributed by atoms with Crippen molar-refractivity contribution in [2.75, 3.05) is 13.2 Å². The second-order valence-electron chi connectivity index (χ2n) is 4.86. The van der Waals surface area contributed by atoms with Crippen molar-refractivity contribution in [1.82, 2.24) is 5.32 Å². The summed E-state index contributed by atoms with van der Waals surface area (Å²) in [5.74, 6) is -0.815. The molecule has 1 saturated carbocycles. The predicted octanol–water partition coefficient (Wildman–Crippen LogP) is 1.40. The highest BCUT2D eigenvalue weighted by Gasteiger charge is 2.35. The highest BCUT2D eigenvalue weighted by molar-refractivity contribution is 5.72. The van der Waals surface area contributed by atoms with Gasteiger partial charge in [-0.15, -0.1) is 0 Å². The highest BCUT2D eigenvalue weighted by atomic mass is 16.5. The Labute approximate surface area is 96.4 Å². The van der Waals surface area contributed by atoms with E-state index >= 15 is 0 Å². The number of carboxylic acids is 1. The lowest BCUT2D eigenvalue weighted by Gasteiger charge is -2.34. The van der Waals surface area contributed by atoms with E-state index in [-0.39, 0.29) is 12.0 Å². The summed E-state index contributed by atoms with van der Waals surface area (Å²) in [4.78, 5) is 10.8. The molecule has 0 radical (unpaired) electrons. The molecule has 0 bridgehead atoms. The lowest BCUT2D eigenvalue weighted by molar-refractivity contribution is -0.146. The van der Waals surface area contributed by atoms with E-state index in [0.29, 0.717) is 6.10 Å². The molecule has 1 aliphatic heterocycles. The van der Waals surface area contributed by atoms with Crippen molar-refractivity contribution in [3.8, 4) is 0 Å². The minimum absolute atomic E-state index is 0.160. The SMILES string of the molecule is O=C(O)C1CCC1NCCC1CCCCO1. The molecule has 2 rings (SSSR count). The van der Waals surface area contributed by atoms with Crippen LogP contribution in [0, 0.1) is 5.92 Å². The fourth-order valence-corrected chi connectivity index (χ4v) is 2.50. The Kier molecular flexibility index (Phi) is 4.18. The van der Waals surface area contributed by atoms with Crippen LogP contribution in [0.15, 0.2) is 0 Å². The van der Waals surface area contributed by atoms with Gasteiger partial charge in [0.15, 0.2) is 0 Å². The molecule has 1 heterocycles. The van der Waals surface area contributed by atoms with Gasteiger partial charge in [-0.25, -0.2) is 0 Å². The van der Waals surface area contributed by atoms with Gasteiger partial charge in [0.2, 0.25) is 0 Å². The standard InChI is InChI=1S/C12H21NO3/c14-12(15)10-4-5-11(10)13-7-6-9-3-1-2-8-16-9/h9-11,13H,1-8H2,(H,14,15). The van der Waals surface area contributed by atoms with Gasteiger partial charge in [0.05, 0.1) is 12.0 Å². The Hall–Kier alpha value is -0.610. The first-order valence-electron chi connectivity index (χ1n) is 6.35. The third kappa shape index (κ3) is 2.95. The zero-order valence-electron chi connectivity index (χ0n) is 9.65. The molecular weight excluding hydrogens is 206 g/mol. The van der Waals surface area contributed by atoms with Crippen molar-refractivity contribution in [2.45, 2.75) is 50.7 Å². The highest BCUT2D eigenvalue weighted by Crippen LogP contribution is 2.27. The van der Waals surface area contributed by atoms with E-state index in [9.17, 15) is 4.79 Å². The number of carboxylic acid groups (broad SMARTS) is 1. The van der Waals surface area contributed by atoms with E-state index in [1.54, 1.807) is 0 Å². The monoisotopic (exact) mass is 227 g/mol. The largest absolute Gasteiger partial charge is 0.481 e. The molecule has 2 aliphatic rings. The number of carbonyl (C=O) groups is 1. The van der Waals surface area contributed by atoms with Gasteiger partial charge >= 0.3 is 5.97 Å². The third-order valence-corrected chi connectivity index (χ3v) is 3.74. The first kappa shape index (κ1) is 11.9. The minimum Gasteiger partial charge on any atom is -0.481 e.